The van der Waals surface area contributed by atoms with E-state index in [0.29, 0.717) is 25.9 Å². The van der Waals surface area contributed by atoms with E-state index < -0.39 is 6.09 Å². The van der Waals surface area contributed by atoms with Crippen molar-refractivity contribution >= 4 is 17.8 Å². The summed E-state index contributed by atoms with van der Waals surface area (Å²) in [5.41, 5.74) is 0. The first kappa shape index (κ1) is 11.9. The molecule has 2 aliphatic rings. The van der Waals surface area contributed by atoms with Gasteiger partial charge in [0.2, 0.25) is 5.78 Å². The molecule has 1 saturated heterocycles. The third-order valence-corrected chi connectivity index (χ3v) is 3.27. The SMILES string of the molecule is O=C(O)NC1CCN(C(=O)C(=O)C2CC2)CC1. The highest BCUT2D eigenvalue weighted by atomic mass is 16.4. The predicted octanol–water partition coefficient (Wildman–Crippen LogP) is 0.224. The molecule has 6 heteroatoms. The Morgan fingerprint density at radius 3 is 2.12 bits per heavy atom. The largest absolute Gasteiger partial charge is 0.465 e. The molecule has 0 aromatic carbocycles. The molecule has 0 bridgehead atoms. The Morgan fingerprint density at radius 1 is 1.06 bits per heavy atom. The Morgan fingerprint density at radius 2 is 1.65 bits per heavy atom. The summed E-state index contributed by atoms with van der Waals surface area (Å²) in [6.07, 6.45) is 1.79. The van der Waals surface area contributed by atoms with Gasteiger partial charge >= 0.3 is 6.09 Å². The third kappa shape index (κ3) is 2.95. The lowest BCUT2D eigenvalue weighted by molar-refractivity contribution is -0.146. The molecule has 0 aromatic heterocycles. The van der Waals surface area contributed by atoms with Crippen molar-refractivity contribution in [3.63, 3.8) is 0 Å². The van der Waals surface area contributed by atoms with Crippen LogP contribution in [-0.2, 0) is 9.59 Å². The van der Waals surface area contributed by atoms with Crippen LogP contribution in [0.15, 0.2) is 0 Å². The minimum Gasteiger partial charge on any atom is -0.465 e. The molecule has 0 spiro atoms. The smallest absolute Gasteiger partial charge is 0.404 e. The zero-order valence-corrected chi connectivity index (χ0v) is 9.52. The maximum atomic E-state index is 11.7. The van der Waals surface area contributed by atoms with Crippen molar-refractivity contribution in [3.05, 3.63) is 0 Å². The molecular formula is C11H16N2O4. The number of ketones is 1. The van der Waals surface area contributed by atoms with E-state index in [9.17, 15) is 14.4 Å². The average molecular weight is 240 g/mol. The van der Waals surface area contributed by atoms with E-state index in [1.165, 1.54) is 0 Å². The van der Waals surface area contributed by atoms with Crippen LogP contribution in [-0.4, -0.2) is 46.9 Å². The molecule has 94 valence electrons. The summed E-state index contributed by atoms with van der Waals surface area (Å²) >= 11 is 0. The van der Waals surface area contributed by atoms with Crippen LogP contribution >= 0.6 is 0 Å². The van der Waals surface area contributed by atoms with E-state index in [1.54, 1.807) is 4.90 Å². The van der Waals surface area contributed by atoms with Crippen LogP contribution in [0.3, 0.4) is 0 Å². The van der Waals surface area contributed by atoms with Gasteiger partial charge in [0, 0.05) is 25.0 Å². The van der Waals surface area contributed by atoms with Crippen LogP contribution in [0, 0.1) is 5.92 Å². The second-order valence-electron chi connectivity index (χ2n) is 4.65. The maximum Gasteiger partial charge on any atom is 0.404 e. The van der Waals surface area contributed by atoms with Crippen molar-refractivity contribution in [3.8, 4) is 0 Å². The molecule has 2 rings (SSSR count). The van der Waals surface area contributed by atoms with Crippen molar-refractivity contribution in [2.45, 2.75) is 31.7 Å². The highest BCUT2D eigenvalue weighted by Crippen LogP contribution is 2.30. The minimum atomic E-state index is -1.04. The number of hydrogen-bond acceptors (Lipinski definition) is 3. The second kappa shape index (κ2) is 4.73. The van der Waals surface area contributed by atoms with E-state index in [4.69, 9.17) is 5.11 Å². The Kier molecular flexibility index (Phi) is 3.31. The number of nitrogens with zero attached hydrogens (tertiary/aromatic N) is 1. The molecule has 0 unspecified atom stereocenters. The molecule has 0 atom stereocenters. The Labute approximate surface area is 99.0 Å². The van der Waals surface area contributed by atoms with E-state index in [2.05, 4.69) is 5.32 Å². The Hall–Kier alpha value is -1.59. The first-order valence-electron chi connectivity index (χ1n) is 5.90. The number of likely N-dealkylation sites (tertiary alicyclic amines) is 1. The molecule has 1 aliphatic carbocycles. The zero-order chi connectivity index (χ0) is 12.4. The number of rotatable bonds is 3. The highest BCUT2D eigenvalue weighted by molar-refractivity contribution is 6.37. The summed E-state index contributed by atoms with van der Waals surface area (Å²) in [6, 6.07) is -0.104. The fraction of sp³-hybridized carbons (Fsp3) is 0.727. The standard InChI is InChI=1S/C11H16N2O4/c14-9(7-1-2-7)10(15)13-5-3-8(4-6-13)12-11(16)17/h7-8,12H,1-6H2,(H,16,17). The average Bonchev–Trinajstić information content (AvgIpc) is 3.11. The van der Waals surface area contributed by atoms with Crippen LogP contribution in [0.4, 0.5) is 4.79 Å². The second-order valence-corrected chi connectivity index (χ2v) is 4.65. The number of nitrogens with one attached hydrogen (secondary N) is 1. The monoisotopic (exact) mass is 240 g/mol. The summed E-state index contributed by atoms with van der Waals surface area (Å²) in [4.78, 5) is 35.3. The van der Waals surface area contributed by atoms with Gasteiger partial charge in [-0.3, -0.25) is 9.59 Å². The van der Waals surface area contributed by atoms with Crippen molar-refractivity contribution in [1.82, 2.24) is 10.2 Å². The number of carbonyl (C=O) groups excluding carboxylic acids is 2. The normalized spacial score (nSPS) is 21.1. The van der Waals surface area contributed by atoms with Gasteiger partial charge in [0.15, 0.2) is 0 Å². The highest BCUT2D eigenvalue weighted by Gasteiger charge is 2.37. The fourth-order valence-corrected chi connectivity index (χ4v) is 2.08. The lowest BCUT2D eigenvalue weighted by atomic mass is 10.0. The van der Waals surface area contributed by atoms with Gasteiger partial charge in [0.05, 0.1) is 0 Å². The summed E-state index contributed by atoms with van der Waals surface area (Å²) in [6.45, 7) is 0.921. The molecule has 17 heavy (non-hydrogen) atoms. The van der Waals surface area contributed by atoms with Gasteiger partial charge in [-0.25, -0.2) is 4.79 Å². The van der Waals surface area contributed by atoms with Crippen molar-refractivity contribution < 1.29 is 19.5 Å². The first-order chi connectivity index (χ1) is 8.08. The van der Waals surface area contributed by atoms with Gasteiger partial charge in [-0.2, -0.15) is 0 Å². The van der Waals surface area contributed by atoms with Gasteiger partial charge < -0.3 is 15.3 Å². The van der Waals surface area contributed by atoms with Crippen molar-refractivity contribution in [2.24, 2.45) is 5.92 Å². The lowest BCUT2D eigenvalue weighted by Crippen LogP contribution is -2.48. The minimum absolute atomic E-state index is 0.0441. The van der Waals surface area contributed by atoms with Crippen LogP contribution in [0.25, 0.3) is 0 Å². The molecule has 0 radical (unpaired) electrons. The first-order valence-corrected chi connectivity index (χ1v) is 5.90. The Bertz CT molecular complexity index is 343. The van der Waals surface area contributed by atoms with E-state index in [0.717, 1.165) is 12.8 Å². The van der Waals surface area contributed by atoms with Gasteiger partial charge in [-0.05, 0) is 25.7 Å². The predicted molar refractivity (Wildman–Crippen MR) is 58.5 cm³/mol. The van der Waals surface area contributed by atoms with Gasteiger partial charge in [0.25, 0.3) is 5.91 Å². The maximum absolute atomic E-state index is 11.7. The molecule has 2 N–H and O–H groups in total. The molecule has 2 fully saturated rings. The number of carboxylic acid groups (broad SMARTS) is 1. The molecule has 2 amide bonds. The van der Waals surface area contributed by atoms with Crippen LogP contribution in [0.1, 0.15) is 25.7 Å². The summed E-state index contributed by atoms with van der Waals surface area (Å²) in [5.74, 6) is -0.701. The summed E-state index contributed by atoms with van der Waals surface area (Å²) in [5, 5.41) is 11.0. The van der Waals surface area contributed by atoms with Crippen LogP contribution < -0.4 is 5.32 Å². The molecule has 1 saturated carbocycles. The fourth-order valence-electron chi connectivity index (χ4n) is 2.08. The van der Waals surface area contributed by atoms with Gasteiger partial charge in [-0.1, -0.05) is 0 Å². The van der Waals surface area contributed by atoms with E-state index in [1.807, 2.05) is 0 Å². The van der Waals surface area contributed by atoms with Crippen molar-refractivity contribution in [2.75, 3.05) is 13.1 Å². The van der Waals surface area contributed by atoms with E-state index in [-0.39, 0.29) is 23.7 Å². The molecule has 6 nitrogen and oxygen atoms in total. The summed E-state index contributed by atoms with van der Waals surface area (Å²) in [7, 11) is 0. The zero-order valence-electron chi connectivity index (χ0n) is 9.52. The number of carbonyl (C=O) groups is 3. The van der Waals surface area contributed by atoms with E-state index >= 15 is 0 Å². The lowest BCUT2D eigenvalue weighted by Gasteiger charge is -2.31. The van der Waals surface area contributed by atoms with Crippen molar-refractivity contribution in [1.29, 1.82) is 0 Å². The quantitative estimate of drug-likeness (QED) is 0.691. The molecule has 0 aromatic rings. The van der Waals surface area contributed by atoms with Crippen LogP contribution in [0.5, 0.6) is 0 Å². The Balaban J connectivity index is 1.79. The number of amides is 2. The molecular weight excluding hydrogens is 224 g/mol. The number of hydrogen-bond donors (Lipinski definition) is 2. The third-order valence-electron chi connectivity index (χ3n) is 3.27. The number of Topliss-reactive ketones (excluding diaryl/α,β-unsaturated/α-hetero) is 1. The van der Waals surface area contributed by atoms with Gasteiger partial charge in [-0.15, -0.1) is 0 Å². The summed E-state index contributed by atoms with van der Waals surface area (Å²) < 4.78 is 0. The molecule has 1 heterocycles. The van der Waals surface area contributed by atoms with Gasteiger partial charge in [0.1, 0.15) is 0 Å². The number of piperidine rings is 1. The topological polar surface area (TPSA) is 86.7 Å². The molecule has 1 aliphatic heterocycles. The van der Waals surface area contributed by atoms with Crippen LogP contribution in [0.2, 0.25) is 0 Å².